The third kappa shape index (κ3) is 2.84. The van der Waals surface area contributed by atoms with Gasteiger partial charge in [0.05, 0.1) is 22.3 Å². The number of aryl methyl sites for hydroxylation is 2. The molecule has 0 aliphatic rings. The summed E-state index contributed by atoms with van der Waals surface area (Å²) in [6, 6.07) is 0. The molecule has 1 aromatic rings. The molecule has 0 bridgehead atoms. The summed E-state index contributed by atoms with van der Waals surface area (Å²) < 4.78 is 2.75. The Hall–Kier alpha value is -0.840. The Morgan fingerprint density at radius 1 is 1.50 bits per heavy atom. The minimum atomic E-state index is -0.796. The van der Waals surface area contributed by atoms with Crippen molar-refractivity contribution in [3.63, 3.8) is 0 Å². The second kappa shape index (κ2) is 4.57. The third-order valence-electron chi connectivity index (χ3n) is 2.34. The highest BCUT2D eigenvalue weighted by Gasteiger charge is 2.24. The molecular weight excluding hydrogens is 272 g/mol. The van der Waals surface area contributed by atoms with Crippen LogP contribution in [0.15, 0.2) is 4.47 Å². The molecule has 0 aliphatic carbocycles. The van der Waals surface area contributed by atoms with Gasteiger partial charge in [0.2, 0.25) is 0 Å². The van der Waals surface area contributed by atoms with E-state index in [1.165, 1.54) is 0 Å². The first kappa shape index (κ1) is 13.2. The Labute approximate surface area is 104 Å². The maximum atomic E-state index is 10.5. The quantitative estimate of drug-likeness (QED) is 0.930. The van der Waals surface area contributed by atoms with Crippen LogP contribution in [0.5, 0.6) is 0 Å². The van der Waals surface area contributed by atoms with Crippen LogP contribution in [0.2, 0.25) is 0 Å². The van der Waals surface area contributed by atoms with Gasteiger partial charge in [-0.3, -0.25) is 9.48 Å². The first-order valence-electron chi connectivity index (χ1n) is 5.17. The molecule has 0 aromatic carbocycles. The molecule has 0 saturated heterocycles. The summed E-state index contributed by atoms with van der Waals surface area (Å²) >= 11 is 3.51. The van der Waals surface area contributed by atoms with E-state index < -0.39 is 5.97 Å². The molecule has 0 aliphatic heterocycles. The minimum absolute atomic E-state index is 0.0118. The molecular formula is C11H17BrN2O2. The van der Waals surface area contributed by atoms with Gasteiger partial charge in [0.1, 0.15) is 0 Å². The first-order valence-corrected chi connectivity index (χ1v) is 5.96. The number of halogens is 1. The lowest BCUT2D eigenvalue weighted by atomic mass is 9.91. The van der Waals surface area contributed by atoms with E-state index in [0.717, 1.165) is 15.9 Å². The van der Waals surface area contributed by atoms with E-state index in [1.807, 2.05) is 11.7 Å². The number of carbonyl (C=O) groups is 1. The number of hydrogen-bond donors (Lipinski definition) is 1. The fourth-order valence-corrected chi connectivity index (χ4v) is 2.88. The second-order valence-electron chi connectivity index (χ2n) is 4.88. The lowest BCUT2D eigenvalue weighted by Crippen LogP contribution is -2.16. The number of aliphatic carboxylic acids is 1. The molecule has 90 valence electrons. The van der Waals surface area contributed by atoms with Gasteiger partial charge in [-0.1, -0.05) is 20.8 Å². The van der Waals surface area contributed by atoms with Crippen LogP contribution in [0, 0.1) is 0 Å². The van der Waals surface area contributed by atoms with E-state index >= 15 is 0 Å². The average Bonchev–Trinajstić information content (AvgIpc) is 2.36. The Morgan fingerprint density at radius 3 is 2.44 bits per heavy atom. The summed E-state index contributed by atoms with van der Waals surface area (Å²) in [5.74, 6) is -0.796. The van der Waals surface area contributed by atoms with Crippen LogP contribution in [0.25, 0.3) is 0 Å². The van der Waals surface area contributed by atoms with E-state index in [4.69, 9.17) is 5.11 Å². The fourth-order valence-electron chi connectivity index (χ4n) is 1.75. The Morgan fingerprint density at radius 2 is 2.06 bits per heavy atom. The topological polar surface area (TPSA) is 55.1 Å². The average molecular weight is 289 g/mol. The van der Waals surface area contributed by atoms with Crippen molar-refractivity contribution in [2.24, 2.45) is 7.05 Å². The highest BCUT2D eigenvalue weighted by molar-refractivity contribution is 9.10. The third-order valence-corrected chi connectivity index (χ3v) is 3.17. The molecule has 1 N–H and O–H groups in total. The lowest BCUT2D eigenvalue weighted by molar-refractivity contribution is -0.136. The minimum Gasteiger partial charge on any atom is -0.481 e. The number of hydrogen-bond acceptors (Lipinski definition) is 2. The highest BCUT2D eigenvalue weighted by Crippen LogP contribution is 2.32. The van der Waals surface area contributed by atoms with Crippen molar-refractivity contribution in [1.82, 2.24) is 9.78 Å². The van der Waals surface area contributed by atoms with Crippen LogP contribution >= 0.6 is 15.9 Å². The number of carboxylic acids is 1. The van der Waals surface area contributed by atoms with Crippen LogP contribution in [0.4, 0.5) is 0 Å². The van der Waals surface area contributed by atoms with Crippen molar-refractivity contribution >= 4 is 21.9 Å². The Kier molecular flexibility index (Phi) is 3.78. The van der Waals surface area contributed by atoms with Gasteiger partial charge in [-0.2, -0.15) is 5.10 Å². The molecule has 5 heteroatoms. The van der Waals surface area contributed by atoms with E-state index in [-0.39, 0.29) is 11.8 Å². The maximum Gasteiger partial charge on any atom is 0.303 e. The summed E-state index contributed by atoms with van der Waals surface area (Å²) in [5, 5.41) is 13.0. The second-order valence-corrected chi connectivity index (χ2v) is 5.67. The van der Waals surface area contributed by atoms with Crippen LogP contribution in [0.1, 0.15) is 38.6 Å². The summed E-state index contributed by atoms with van der Waals surface area (Å²) in [5.41, 5.74) is 1.89. The van der Waals surface area contributed by atoms with Crippen molar-refractivity contribution in [2.75, 3.05) is 0 Å². The predicted molar refractivity (Wildman–Crippen MR) is 65.6 cm³/mol. The highest BCUT2D eigenvalue weighted by atomic mass is 79.9. The van der Waals surface area contributed by atoms with Gasteiger partial charge in [0.25, 0.3) is 0 Å². The lowest BCUT2D eigenvalue weighted by Gasteiger charge is -2.19. The largest absolute Gasteiger partial charge is 0.481 e. The molecule has 1 heterocycles. The summed E-state index contributed by atoms with van der Waals surface area (Å²) in [6.45, 7) is 6.32. The van der Waals surface area contributed by atoms with Crippen molar-refractivity contribution in [1.29, 1.82) is 0 Å². The standard InChI is InChI=1S/C11H17BrN2O2/c1-11(2,3)10-9(12)7(13-14(10)4)5-6-8(15)16/h5-6H2,1-4H3,(H,15,16). The molecule has 1 aromatic heterocycles. The Bertz CT molecular complexity index is 405. The monoisotopic (exact) mass is 288 g/mol. The van der Waals surface area contributed by atoms with Crippen molar-refractivity contribution in [3.05, 3.63) is 15.9 Å². The van der Waals surface area contributed by atoms with Gasteiger partial charge in [-0.15, -0.1) is 0 Å². The van der Waals surface area contributed by atoms with Gasteiger partial charge in [0, 0.05) is 18.9 Å². The molecule has 0 spiro atoms. The number of nitrogens with zero attached hydrogens (tertiary/aromatic N) is 2. The summed E-state index contributed by atoms with van der Waals surface area (Å²) in [6.07, 6.45) is 0.568. The molecule has 0 radical (unpaired) electrons. The predicted octanol–water partition coefficient (Wildman–Crippen LogP) is 2.50. The number of carboxylic acid groups (broad SMARTS) is 1. The first-order chi connectivity index (χ1) is 7.23. The van der Waals surface area contributed by atoms with Crippen molar-refractivity contribution in [3.8, 4) is 0 Å². The zero-order chi connectivity index (χ0) is 12.5. The van der Waals surface area contributed by atoms with Crippen LogP contribution < -0.4 is 0 Å². The van der Waals surface area contributed by atoms with Gasteiger partial charge in [-0.25, -0.2) is 0 Å². The summed E-state index contributed by atoms with van der Waals surface area (Å²) in [7, 11) is 1.88. The number of aromatic nitrogens is 2. The molecule has 0 saturated carbocycles. The molecule has 1 rings (SSSR count). The smallest absolute Gasteiger partial charge is 0.303 e. The molecule has 16 heavy (non-hydrogen) atoms. The molecule has 0 fully saturated rings. The van der Waals surface area contributed by atoms with Crippen LogP contribution in [-0.4, -0.2) is 20.9 Å². The van der Waals surface area contributed by atoms with Crippen molar-refractivity contribution < 1.29 is 9.90 Å². The molecule has 0 unspecified atom stereocenters. The van der Waals surface area contributed by atoms with E-state index in [0.29, 0.717) is 6.42 Å². The Balaban J connectivity index is 3.02. The maximum absolute atomic E-state index is 10.5. The normalized spacial score (nSPS) is 11.8. The van der Waals surface area contributed by atoms with E-state index in [9.17, 15) is 4.79 Å². The molecule has 0 amide bonds. The van der Waals surface area contributed by atoms with Crippen molar-refractivity contribution in [2.45, 2.75) is 39.0 Å². The van der Waals surface area contributed by atoms with E-state index in [1.54, 1.807) is 0 Å². The van der Waals surface area contributed by atoms with Gasteiger partial charge >= 0.3 is 5.97 Å². The fraction of sp³-hybridized carbons (Fsp3) is 0.636. The SMILES string of the molecule is Cn1nc(CCC(=O)O)c(Br)c1C(C)(C)C. The van der Waals surface area contributed by atoms with Crippen LogP contribution in [0.3, 0.4) is 0 Å². The number of rotatable bonds is 3. The van der Waals surface area contributed by atoms with Gasteiger partial charge in [-0.05, 0) is 15.9 Å². The summed E-state index contributed by atoms with van der Waals surface area (Å²) in [4.78, 5) is 10.5. The molecule has 0 atom stereocenters. The van der Waals surface area contributed by atoms with E-state index in [2.05, 4.69) is 41.8 Å². The van der Waals surface area contributed by atoms with Crippen LogP contribution in [-0.2, 0) is 23.7 Å². The molecule has 4 nitrogen and oxygen atoms in total. The zero-order valence-corrected chi connectivity index (χ0v) is 11.6. The van der Waals surface area contributed by atoms with Gasteiger partial charge in [0.15, 0.2) is 0 Å². The van der Waals surface area contributed by atoms with Gasteiger partial charge < -0.3 is 5.11 Å². The zero-order valence-electron chi connectivity index (χ0n) is 10.0.